The van der Waals surface area contributed by atoms with Gasteiger partial charge in [-0.3, -0.25) is 4.90 Å². The van der Waals surface area contributed by atoms with E-state index in [2.05, 4.69) is 49.4 Å². The Hall–Kier alpha value is -2.77. The highest BCUT2D eigenvalue weighted by Crippen LogP contribution is 2.33. The molecule has 6 nitrogen and oxygen atoms in total. The van der Waals surface area contributed by atoms with Gasteiger partial charge in [-0.25, -0.2) is 15.0 Å². The van der Waals surface area contributed by atoms with Gasteiger partial charge in [0.2, 0.25) is 5.95 Å². The molecule has 4 heterocycles. The zero-order valence-electron chi connectivity index (χ0n) is 14.8. The van der Waals surface area contributed by atoms with Crippen LogP contribution < -0.4 is 5.32 Å². The maximum Gasteiger partial charge on any atom is 0.229 e. The maximum atomic E-state index is 4.76. The summed E-state index contributed by atoms with van der Waals surface area (Å²) >= 11 is 1.54. The second-order valence-corrected chi connectivity index (χ2v) is 7.69. The second kappa shape index (κ2) is 7.09. The van der Waals surface area contributed by atoms with Gasteiger partial charge in [0.05, 0.1) is 11.7 Å². The molecule has 0 spiro atoms. The van der Waals surface area contributed by atoms with E-state index in [1.54, 1.807) is 17.5 Å². The van der Waals surface area contributed by atoms with E-state index in [1.165, 1.54) is 22.9 Å². The van der Waals surface area contributed by atoms with Crippen LogP contribution in [0.15, 0.2) is 54.3 Å². The van der Waals surface area contributed by atoms with E-state index in [0.717, 1.165) is 30.3 Å². The summed E-state index contributed by atoms with van der Waals surface area (Å²) in [7, 11) is 0. The van der Waals surface area contributed by atoms with Crippen LogP contribution in [0.3, 0.4) is 0 Å². The molecule has 1 saturated heterocycles. The number of nitrogens with one attached hydrogen (secondary N) is 2. The number of anilines is 2. The number of likely N-dealkylation sites (tertiary alicyclic amines) is 1. The first-order valence-electron chi connectivity index (χ1n) is 9.15. The molecule has 27 heavy (non-hydrogen) atoms. The lowest BCUT2D eigenvalue weighted by atomic mass is 10.1. The molecular weight excluding hydrogens is 356 g/mol. The summed E-state index contributed by atoms with van der Waals surface area (Å²) in [6.07, 6.45) is 7.92. The van der Waals surface area contributed by atoms with Crippen molar-refractivity contribution in [2.75, 3.05) is 11.9 Å². The molecule has 7 heteroatoms. The summed E-state index contributed by atoms with van der Waals surface area (Å²) in [5.74, 6) is 0.614. The van der Waals surface area contributed by atoms with Gasteiger partial charge >= 0.3 is 0 Å². The average Bonchev–Trinajstić information content (AvgIpc) is 3.43. The van der Waals surface area contributed by atoms with Crippen molar-refractivity contribution in [2.45, 2.75) is 25.4 Å². The van der Waals surface area contributed by atoms with Gasteiger partial charge in [0.15, 0.2) is 5.13 Å². The number of fused-ring (bicyclic) bond motifs is 1. The van der Waals surface area contributed by atoms with Crippen molar-refractivity contribution in [3.05, 3.63) is 65.6 Å². The van der Waals surface area contributed by atoms with Crippen LogP contribution in [0.2, 0.25) is 0 Å². The van der Waals surface area contributed by atoms with Crippen molar-refractivity contribution in [1.29, 1.82) is 0 Å². The van der Waals surface area contributed by atoms with Crippen LogP contribution in [-0.4, -0.2) is 31.4 Å². The second-order valence-electron chi connectivity index (χ2n) is 6.80. The topological polar surface area (TPSA) is 69.7 Å². The monoisotopic (exact) mass is 376 g/mol. The number of benzene rings is 1. The molecule has 1 aromatic carbocycles. The molecule has 0 aliphatic carbocycles. The van der Waals surface area contributed by atoms with Gasteiger partial charge in [0.25, 0.3) is 0 Å². The lowest BCUT2D eigenvalue weighted by molar-refractivity contribution is 0.244. The molecule has 3 aromatic heterocycles. The number of aromatic nitrogens is 4. The van der Waals surface area contributed by atoms with E-state index < -0.39 is 0 Å². The van der Waals surface area contributed by atoms with Crippen LogP contribution in [-0.2, 0) is 6.54 Å². The summed E-state index contributed by atoms with van der Waals surface area (Å²) < 4.78 is 0. The molecular formula is C20H20N6S. The first-order valence-corrected chi connectivity index (χ1v) is 10.0. The average molecular weight is 376 g/mol. The normalized spacial score (nSPS) is 17.6. The molecule has 2 N–H and O–H groups in total. The first-order chi connectivity index (χ1) is 13.3. The number of H-pyrrole nitrogens is 1. The van der Waals surface area contributed by atoms with Gasteiger partial charge in [0, 0.05) is 36.0 Å². The number of thiazole rings is 1. The van der Waals surface area contributed by atoms with E-state index in [0.29, 0.717) is 12.0 Å². The highest BCUT2D eigenvalue weighted by Gasteiger charge is 2.27. The molecule has 0 radical (unpaired) electrons. The Kier molecular flexibility index (Phi) is 4.31. The van der Waals surface area contributed by atoms with E-state index >= 15 is 0 Å². The third-order valence-electron chi connectivity index (χ3n) is 5.04. The Morgan fingerprint density at radius 3 is 3.11 bits per heavy atom. The third-order valence-corrected chi connectivity index (χ3v) is 5.73. The summed E-state index contributed by atoms with van der Waals surface area (Å²) in [6, 6.07) is 11.1. The van der Waals surface area contributed by atoms with Crippen LogP contribution in [0.1, 0.15) is 30.1 Å². The largest absolute Gasteiger partial charge is 0.361 e. The number of rotatable bonds is 5. The number of hydrogen-bond donors (Lipinski definition) is 2. The predicted octanol–water partition coefficient (Wildman–Crippen LogP) is 4.50. The first kappa shape index (κ1) is 16.4. The maximum absolute atomic E-state index is 4.76. The van der Waals surface area contributed by atoms with Gasteiger partial charge in [-0.15, -0.1) is 11.3 Å². The van der Waals surface area contributed by atoms with Crippen molar-refractivity contribution in [2.24, 2.45) is 0 Å². The molecule has 1 fully saturated rings. The Morgan fingerprint density at radius 1 is 1.19 bits per heavy atom. The van der Waals surface area contributed by atoms with Crippen molar-refractivity contribution >= 4 is 33.3 Å². The van der Waals surface area contributed by atoms with Crippen molar-refractivity contribution in [1.82, 2.24) is 24.8 Å². The molecule has 1 aliphatic rings. The number of hydrogen-bond acceptors (Lipinski definition) is 6. The molecule has 0 saturated carbocycles. The SMILES string of the molecule is c1cc([C@H]2CCCN2Cc2ccc3[nH]ccc3c2)nc(Nc2nccs2)n1. The van der Waals surface area contributed by atoms with Gasteiger partial charge in [-0.2, -0.15) is 0 Å². The minimum absolute atomic E-state index is 0.326. The van der Waals surface area contributed by atoms with Crippen molar-refractivity contribution in [3.63, 3.8) is 0 Å². The fraction of sp³-hybridized carbons (Fsp3) is 0.250. The molecule has 5 rings (SSSR count). The zero-order valence-corrected chi connectivity index (χ0v) is 15.6. The molecule has 4 aromatic rings. The van der Waals surface area contributed by atoms with E-state index in [4.69, 9.17) is 4.98 Å². The van der Waals surface area contributed by atoms with Crippen LogP contribution in [0.4, 0.5) is 11.1 Å². The standard InChI is InChI=1S/C20H20N6S/c1-2-18(17-6-8-22-19(24-17)25-20-23-9-11-27-20)26(10-1)13-14-3-4-16-15(12-14)5-7-21-16/h3-9,11-12,18,21H,1-2,10,13H2,(H,22,23,24,25)/t18-/m1/s1. The minimum Gasteiger partial charge on any atom is -0.361 e. The van der Waals surface area contributed by atoms with Gasteiger partial charge in [-0.1, -0.05) is 6.07 Å². The van der Waals surface area contributed by atoms with Gasteiger partial charge < -0.3 is 10.3 Å². The Balaban J connectivity index is 1.36. The lowest BCUT2D eigenvalue weighted by Crippen LogP contribution is -2.23. The molecule has 1 atom stereocenters. The Labute approximate surface area is 161 Å². The molecule has 1 aliphatic heterocycles. The van der Waals surface area contributed by atoms with Crippen LogP contribution in [0, 0.1) is 0 Å². The van der Waals surface area contributed by atoms with E-state index in [1.807, 2.05) is 23.8 Å². The quantitative estimate of drug-likeness (QED) is 0.537. The fourth-order valence-corrected chi connectivity index (χ4v) is 4.31. The highest BCUT2D eigenvalue weighted by atomic mass is 32.1. The Bertz CT molecular complexity index is 1040. The lowest BCUT2D eigenvalue weighted by Gasteiger charge is -2.24. The number of nitrogens with zero attached hydrogens (tertiary/aromatic N) is 4. The van der Waals surface area contributed by atoms with Crippen molar-refractivity contribution in [3.8, 4) is 0 Å². The molecule has 136 valence electrons. The van der Waals surface area contributed by atoms with E-state index in [-0.39, 0.29) is 0 Å². The van der Waals surface area contributed by atoms with Crippen LogP contribution >= 0.6 is 11.3 Å². The summed E-state index contributed by atoms with van der Waals surface area (Å²) in [4.78, 5) is 19.1. The summed E-state index contributed by atoms with van der Waals surface area (Å²) in [5, 5.41) is 7.21. The summed E-state index contributed by atoms with van der Waals surface area (Å²) in [6.45, 7) is 2.03. The predicted molar refractivity (Wildman–Crippen MR) is 108 cm³/mol. The van der Waals surface area contributed by atoms with Crippen LogP contribution in [0.25, 0.3) is 10.9 Å². The fourth-order valence-electron chi connectivity index (χ4n) is 3.79. The zero-order chi connectivity index (χ0) is 18.1. The smallest absolute Gasteiger partial charge is 0.229 e. The molecule has 0 unspecified atom stereocenters. The van der Waals surface area contributed by atoms with Crippen molar-refractivity contribution < 1.29 is 0 Å². The van der Waals surface area contributed by atoms with E-state index in [9.17, 15) is 0 Å². The molecule has 0 bridgehead atoms. The summed E-state index contributed by atoms with van der Waals surface area (Å²) in [5.41, 5.74) is 3.60. The minimum atomic E-state index is 0.326. The molecule has 0 amide bonds. The van der Waals surface area contributed by atoms with Gasteiger partial charge in [-0.05, 0) is 54.6 Å². The highest BCUT2D eigenvalue weighted by molar-refractivity contribution is 7.13. The van der Waals surface area contributed by atoms with Gasteiger partial charge in [0.1, 0.15) is 0 Å². The van der Waals surface area contributed by atoms with Crippen LogP contribution in [0.5, 0.6) is 0 Å². The Morgan fingerprint density at radius 2 is 2.19 bits per heavy atom. The number of aromatic amines is 1. The third kappa shape index (κ3) is 3.43.